The maximum absolute atomic E-state index is 12.0. The molecule has 1 unspecified atom stereocenters. The number of benzene rings is 1. The number of carbonyl (C=O) groups excluding carboxylic acids is 1. The molecule has 1 aromatic carbocycles. The summed E-state index contributed by atoms with van der Waals surface area (Å²) in [5.74, 6) is -0.358. The average molecular weight is 350 g/mol. The van der Waals surface area contributed by atoms with Crippen LogP contribution in [0.3, 0.4) is 0 Å². The third-order valence-corrected chi connectivity index (χ3v) is 4.29. The van der Waals surface area contributed by atoms with Crippen molar-refractivity contribution < 1.29 is 24.2 Å². The molecule has 0 radical (unpaired) electrons. The molecule has 7 nitrogen and oxygen atoms in total. The molecule has 1 heterocycles. The molecule has 1 aromatic rings. The highest BCUT2D eigenvalue weighted by molar-refractivity contribution is 5.71. The Kier molecular flexibility index (Phi) is 6.39. The summed E-state index contributed by atoms with van der Waals surface area (Å²) in [6.07, 6.45) is -0.989. The Hall–Kier alpha value is -2.12. The van der Waals surface area contributed by atoms with Crippen LogP contribution in [0.5, 0.6) is 0 Å². The number of nitrogens with one attached hydrogen (secondary N) is 1. The highest BCUT2D eigenvalue weighted by atomic mass is 16.5. The van der Waals surface area contributed by atoms with Gasteiger partial charge >= 0.3 is 12.1 Å². The number of ether oxygens (including phenoxy) is 2. The number of hydrogen-bond donors (Lipinski definition) is 2. The molecule has 1 aliphatic rings. The van der Waals surface area contributed by atoms with E-state index in [1.165, 1.54) is 4.90 Å². The number of carboxylic acid groups (broad SMARTS) is 1. The first-order valence-corrected chi connectivity index (χ1v) is 8.44. The largest absolute Gasteiger partial charge is 0.466 e. The van der Waals surface area contributed by atoms with Crippen LogP contribution >= 0.6 is 0 Å². The molecule has 0 aromatic heterocycles. The zero-order valence-electron chi connectivity index (χ0n) is 14.9. The van der Waals surface area contributed by atoms with Crippen molar-refractivity contribution in [2.24, 2.45) is 0 Å². The second-order valence-electron chi connectivity index (χ2n) is 6.46. The molecule has 2 N–H and O–H groups in total. The van der Waals surface area contributed by atoms with E-state index < -0.39 is 23.9 Å². The lowest BCUT2D eigenvalue weighted by Crippen LogP contribution is -2.55. The molecule has 1 saturated heterocycles. The quantitative estimate of drug-likeness (QED) is 0.733. The molecule has 7 heteroatoms. The molecule has 138 valence electrons. The Morgan fingerprint density at radius 2 is 2.08 bits per heavy atom. The maximum Gasteiger partial charge on any atom is 0.409 e. The van der Waals surface area contributed by atoms with Crippen molar-refractivity contribution in [2.45, 2.75) is 51.5 Å². The van der Waals surface area contributed by atoms with Gasteiger partial charge in [0.05, 0.1) is 25.7 Å². The van der Waals surface area contributed by atoms with Gasteiger partial charge in [-0.15, -0.1) is 0 Å². The van der Waals surface area contributed by atoms with Gasteiger partial charge in [0, 0.05) is 12.6 Å². The lowest BCUT2D eigenvalue weighted by molar-refractivity contribution is -0.144. The van der Waals surface area contributed by atoms with Crippen molar-refractivity contribution >= 4 is 12.1 Å². The Morgan fingerprint density at radius 1 is 1.40 bits per heavy atom. The van der Waals surface area contributed by atoms with E-state index >= 15 is 0 Å². The van der Waals surface area contributed by atoms with Gasteiger partial charge in [-0.2, -0.15) is 0 Å². The molecule has 2 rings (SSSR count). The lowest BCUT2D eigenvalue weighted by Gasteiger charge is -2.34. The van der Waals surface area contributed by atoms with Gasteiger partial charge < -0.3 is 19.9 Å². The van der Waals surface area contributed by atoms with E-state index in [-0.39, 0.29) is 19.0 Å². The van der Waals surface area contributed by atoms with Crippen molar-refractivity contribution in [1.82, 2.24) is 10.2 Å². The van der Waals surface area contributed by atoms with Gasteiger partial charge in [0.2, 0.25) is 0 Å². The molecule has 2 atom stereocenters. The van der Waals surface area contributed by atoms with E-state index in [1.807, 2.05) is 30.3 Å². The summed E-state index contributed by atoms with van der Waals surface area (Å²) in [7, 11) is 0. The van der Waals surface area contributed by atoms with Crippen LogP contribution in [-0.4, -0.2) is 53.1 Å². The lowest BCUT2D eigenvalue weighted by atomic mass is 10.0. The summed E-state index contributed by atoms with van der Waals surface area (Å²) in [6, 6.07) is 8.86. The van der Waals surface area contributed by atoms with Crippen LogP contribution in [0.1, 0.15) is 32.8 Å². The van der Waals surface area contributed by atoms with E-state index in [0.717, 1.165) is 5.56 Å². The van der Waals surface area contributed by atoms with E-state index in [4.69, 9.17) is 9.47 Å². The molecular weight excluding hydrogens is 324 g/mol. The molecule has 1 aliphatic heterocycles. The molecule has 0 spiro atoms. The van der Waals surface area contributed by atoms with Crippen molar-refractivity contribution in [3.05, 3.63) is 35.9 Å². The van der Waals surface area contributed by atoms with E-state index in [9.17, 15) is 14.7 Å². The first-order chi connectivity index (χ1) is 11.8. The zero-order valence-corrected chi connectivity index (χ0v) is 14.9. The minimum absolute atomic E-state index is 0.0779. The fourth-order valence-electron chi connectivity index (χ4n) is 3.09. The van der Waals surface area contributed by atoms with Crippen molar-refractivity contribution in [1.29, 1.82) is 0 Å². The van der Waals surface area contributed by atoms with Gasteiger partial charge in [-0.1, -0.05) is 30.3 Å². The minimum atomic E-state index is -1.07. The maximum atomic E-state index is 12.0. The van der Waals surface area contributed by atoms with Crippen LogP contribution in [-0.2, 0) is 20.8 Å². The summed E-state index contributed by atoms with van der Waals surface area (Å²) in [4.78, 5) is 25.0. The number of rotatable bonds is 7. The molecule has 1 amide bonds. The van der Waals surface area contributed by atoms with Gasteiger partial charge in [-0.3, -0.25) is 9.69 Å². The predicted molar refractivity (Wildman–Crippen MR) is 92.0 cm³/mol. The highest BCUT2D eigenvalue weighted by Crippen LogP contribution is 2.30. The van der Waals surface area contributed by atoms with Crippen LogP contribution < -0.4 is 5.32 Å². The number of amides is 1. The monoisotopic (exact) mass is 350 g/mol. The molecule has 0 bridgehead atoms. The summed E-state index contributed by atoms with van der Waals surface area (Å²) < 4.78 is 10.7. The Morgan fingerprint density at radius 3 is 2.68 bits per heavy atom. The summed E-state index contributed by atoms with van der Waals surface area (Å²) >= 11 is 0. The van der Waals surface area contributed by atoms with Crippen LogP contribution in [0, 0.1) is 0 Å². The number of carbonyl (C=O) groups is 2. The topological polar surface area (TPSA) is 88.1 Å². The summed E-state index contributed by atoms with van der Waals surface area (Å²) in [5, 5.41) is 12.9. The number of hydrogen-bond acceptors (Lipinski definition) is 5. The Bertz CT molecular complexity index is 590. The zero-order chi connectivity index (χ0) is 18.4. The SMILES string of the molecule is CCOC(=O)CC(NCc1ccccc1)[C@@H]1COC(C)(C)N1C(=O)O. The van der Waals surface area contributed by atoms with E-state index in [2.05, 4.69) is 5.32 Å². The second kappa shape index (κ2) is 8.31. The van der Waals surface area contributed by atoms with Crippen LogP contribution in [0.4, 0.5) is 4.79 Å². The van der Waals surface area contributed by atoms with E-state index in [0.29, 0.717) is 13.2 Å². The van der Waals surface area contributed by atoms with Gasteiger partial charge in [-0.05, 0) is 26.3 Å². The fourth-order valence-corrected chi connectivity index (χ4v) is 3.09. The summed E-state index contributed by atoms with van der Waals surface area (Å²) in [5.41, 5.74) is 0.120. The normalized spacial score (nSPS) is 20.3. The molecule has 25 heavy (non-hydrogen) atoms. The molecule has 0 aliphatic carbocycles. The average Bonchev–Trinajstić information content (AvgIpc) is 2.88. The van der Waals surface area contributed by atoms with Crippen LogP contribution in [0.2, 0.25) is 0 Å². The van der Waals surface area contributed by atoms with Gasteiger partial charge in [0.15, 0.2) is 0 Å². The molecule has 1 fully saturated rings. The molecular formula is C18H26N2O5. The van der Waals surface area contributed by atoms with E-state index in [1.54, 1.807) is 20.8 Å². The second-order valence-corrected chi connectivity index (χ2v) is 6.46. The minimum Gasteiger partial charge on any atom is -0.466 e. The first-order valence-electron chi connectivity index (χ1n) is 8.44. The van der Waals surface area contributed by atoms with Crippen molar-refractivity contribution in [2.75, 3.05) is 13.2 Å². The third kappa shape index (κ3) is 4.93. The number of esters is 1. The first kappa shape index (κ1) is 19.2. The molecule has 0 saturated carbocycles. The predicted octanol–water partition coefficient (Wildman–Crippen LogP) is 2.21. The standard InChI is InChI=1S/C18H26N2O5/c1-4-24-16(21)10-14(19-11-13-8-6-5-7-9-13)15-12-25-18(2,3)20(15)17(22)23/h5-9,14-15,19H,4,10-12H2,1-3H3,(H,22,23)/t14?,15-/m0/s1. The van der Waals surface area contributed by atoms with Gasteiger partial charge in [0.1, 0.15) is 5.72 Å². The Balaban J connectivity index is 2.15. The smallest absolute Gasteiger partial charge is 0.409 e. The Labute approximate surface area is 147 Å². The fraction of sp³-hybridized carbons (Fsp3) is 0.556. The van der Waals surface area contributed by atoms with Crippen molar-refractivity contribution in [3.8, 4) is 0 Å². The highest BCUT2D eigenvalue weighted by Gasteiger charge is 2.47. The van der Waals surface area contributed by atoms with Crippen LogP contribution in [0.15, 0.2) is 30.3 Å². The third-order valence-electron chi connectivity index (χ3n) is 4.29. The van der Waals surface area contributed by atoms with Gasteiger partial charge in [-0.25, -0.2) is 4.79 Å². The van der Waals surface area contributed by atoms with Crippen LogP contribution in [0.25, 0.3) is 0 Å². The van der Waals surface area contributed by atoms with Crippen molar-refractivity contribution in [3.63, 3.8) is 0 Å². The summed E-state index contributed by atoms with van der Waals surface area (Å²) in [6.45, 7) is 6.20. The van der Waals surface area contributed by atoms with Gasteiger partial charge in [0.25, 0.3) is 0 Å². The number of nitrogens with zero attached hydrogens (tertiary/aromatic N) is 1.